The van der Waals surface area contributed by atoms with E-state index in [-0.39, 0.29) is 11.7 Å². The molecule has 0 atom stereocenters. The summed E-state index contributed by atoms with van der Waals surface area (Å²) in [5, 5.41) is 0. The van der Waals surface area contributed by atoms with Crippen molar-refractivity contribution in [3.8, 4) is 5.75 Å². The van der Waals surface area contributed by atoms with E-state index in [0.29, 0.717) is 13.0 Å². The standard InChI is InChI=1S/C18H29NO4S/c1-4-6-8-9-18(20)19(14-7-5-2)15-16-10-12-17(13-11-16)23-24(3,21)22/h10-13H,4-9,14-15H2,1-3H3. The second kappa shape index (κ2) is 10.3. The van der Waals surface area contributed by atoms with E-state index in [2.05, 4.69) is 13.8 Å². The van der Waals surface area contributed by atoms with Crippen LogP contribution in [0.4, 0.5) is 0 Å². The highest BCUT2D eigenvalue weighted by atomic mass is 32.2. The maximum Gasteiger partial charge on any atom is 0.306 e. The molecule has 0 unspecified atom stereocenters. The first kappa shape index (κ1) is 20.5. The van der Waals surface area contributed by atoms with Crippen molar-refractivity contribution in [1.82, 2.24) is 4.90 Å². The van der Waals surface area contributed by atoms with Gasteiger partial charge in [0.05, 0.1) is 6.26 Å². The lowest BCUT2D eigenvalue weighted by atomic mass is 10.1. The molecule has 0 aromatic heterocycles. The van der Waals surface area contributed by atoms with Gasteiger partial charge in [0, 0.05) is 19.5 Å². The van der Waals surface area contributed by atoms with Crippen molar-refractivity contribution in [3.05, 3.63) is 29.8 Å². The smallest absolute Gasteiger partial charge is 0.306 e. The van der Waals surface area contributed by atoms with Gasteiger partial charge in [-0.05, 0) is 30.5 Å². The quantitative estimate of drug-likeness (QED) is 0.448. The summed E-state index contributed by atoms with van der Waals surface area (Å²) in [6.45, 7) is 5.53. The van der Waals surface area contributed by atoms with Crippen LogP contribution < -0.4 is 4.18 Å². The van der Waals surface area contributed by atoms with Gasteiger partial charge in [-0.2, -0.15) is 8.42 Å². The van der Waals surface area contributed by atoms with Crippen LogP contribution in [0, 0.1) is 0 Å². The van der Waals surface area contributed by atoms with Crippen molar-refractivity contribution < 1.29 is 17.4 Å². The molecule has 24 heavy (non-hydrogen) atoms. The van der Waals surface area contributed by atoms with Crippen molar-refractivity contribution in [2.24, 2.45) is 0 Å². The van der Waals surface area contributed by atoms with Gasteiger partial charge in [0.2, 0.25) is 5.91 Å². The van der Waals surface area contributed by atoms with Crippen molar-refractivity contribution in [1.29, 1.82) is 0 Å². The van der Waals surface area contributed by atoms with Crippen molar-refractivity contribution >= 4 is 16.0 Å². The molecule has 1 amide bonds. The van der Waals surface area contributed by atoms with Crippen LogP contribution in [-0.2, 0) is 21.5 Å². The third kappa shape index (κ3) is 8.34. The molecule has 1 rings (SSSR count). The topological polar surface area (TPSA) is 63.7 Å². The molecular formula is C18H29NO4S. The summed E-state index contributed by atoms with van der Waals surface area (Å²) in [6.07, 6.45) is 6.73. The zero-order valence-electron chi connectivity index (χ0n) is 15.0. The fourth-order valence-electron chi connectivity index (χ4n) is 2.37. The number of hydrogen-bond acceptors (Lipinski definition) is 4. The summed E-state index contributed by atoms with van der Waals surface area (Å²) in [7, 11) is -3.52. The molecule has 1 aromatic carbocycles. The number of hydrogen-bond donors (Lipinski definition) is 0. The molecule has 0 spiro atoms. The Morgan fingerprint density at radius 3 is 2.21 bits per heavy atom. The molecular weight excluding hydrogens is 326 g/mol. The Morgan fingerprint density at radius 2 is 1.67 bits per heavy atom. The molecule has 136 valence electrons. The van der Waals surface area contributed by atoms with E-state index in [1.54, 1.807) is 24.3 Å². The van der Waals surface area contributed by atoms with E-state index in [1.807, 2.05) is 4.90 Å². The Balaban J connectivity index is 2.69. The average molecular weight is 356 g/mol. The lowest BCUT2D eigenvalue weighted by Crippen LogP contribution is -2.31. The molecule has 0 fully saturated rings. The molecule has 6 heteroatoms. The molecule has 1 aromatic rings. The molecule has 0 aliphatic carbocycles. The van der Waals surface area contributed by atoms with E-state index in [1.165, 1.54) is 0 Å². The Labute approximate surface area is 146 Å². The summed E-state index contributed by atoms with van der Waals surface area (Å²) in [4.78, 5) is 14.3. The molecule has 0 heterocycles. The molecule has 5 nitrogen and oxygen atoms in total. The average Bonchev–Trinajstić information content (AvgIpc) is 2.51. The van der Waals surface area contributed by atoms with Gasteiger partial charge in [0.25, 0.3) is 0 Å². The first-order valence-corrected chi connectivity index (χ1v) is 10.4. The predicted octanol–water partition coefficient (Wildman–Crippen LogP) is 3.73. The SMILES string of the molecule is CCCCCC(=O)N(CCCC)Cc1ccc(OS(C)(=O)=O)cc1. The Hall–Kier alpha value is -1.56. The van der Waals surface area contributed by atoms with Crippen molar-refractivity contribution in [3.63, 3.8) is 0 Å². The second-order valence-corrected chi connectivity index (χ2v) is 7.63. The largest absolute Gasteiger partial charge is 0.383 e. The molecule has 0 aliphatic heterocycles. The van der Waals surface area contributed by atoms with Gasteiger partial charge in [-0.15, -0.1) is 0 Å². The maximum atomic E-state index is 12.4. The highest BCUT2D eigenvalue weighted by Crippen LogP contribution is 2.16. The minimum atomic E-state index is -3.52. The first-order chi connectivity index (χ1) is 11.4. The predicted molar refractivity (Wildman–Crippen MR) is 96.4 cm³/mol. The van der Waals surface area contributed by atoms with Crippen LogP contribution in [0.2, 0.25) is 0 Å². The normalized spacial score (nSPS) is 11.3. The Bertz CT molecular complexity index is 596. The number of amides is 1. The fourth-order valence-corrected chi connectivity index (χ4v) is 2.83. The minimum Gasteiger partial charge on any atom is -0.383 e. The van der Waals surface area contributed by atoms with Gasteiger partial charge in [0.1, 0.15) is 5.75 Å². The van der Waals surface area contributed by atoms with Gasteiger partial charge in [-0.1, -0.05) is 45.2 Å². The summed E-state index contributed by atoms with van der Waals surface area (Å²) >= 11 is 0. The highest BCUT2D eigenvalue weighted by molar-refractivity contribution is 7.86. The van der Waals surface area contributed by atoms with E-state index in [0.717, 1.165) is 50.5 Å². The minimum absolute atomic E-state index is 0.188. The lowest BCUT2D eigenvalue weighted by molar-refractivity contribution is -0.132. The number of carbonyl (C=O) groups is 1. The highest BCUT2D eigenvalue weighted by Gasteiger charge is 2.13. The molecule has 0 saturated heterocycles. The first-order valence-electron chi connectivity index (χ1n) is 8.62. The molecule has 0 aliphatic rings. The van der Waals surface area contributed by atoms with Crippen LogP contribution in [0.25, 0.3) is 0 Å². The fraction of sp³-hybridized carbons (Fsp3) is 0.611. The third-order valence-corrected chi connectivity index (χ3v) is 4.17. The van der Waals surface area contributed by atoms with Crippen molar-refractivity contribution in [2.45, 2.75) is 58.9 Å². The zero-order valence-corrected chi connectivity index (χ0v) is 15.8. The third-order valence-electron chi connectivity index (χ3n) is 3.67. The second-order valence-electron chi connectivity index (χ2n) is 6.06. The maximum absolute atomic E-state index is 12.4. The molecule has 0 radical (unpaired) electrons. The van der Waals surface area contributed by atoms with Gasteiger partial charge >= 0.3 is 10.1 Å². The monoisotopic (exact) mass is 355 g/mol. The Kier molecular flexibility index (Phi) is 8.82. The van der Waals surface area contributed by atoms with Crippen LogP contribution >= 0.6 is 0 Å². The van der Waals surface area contributed by atoms with Crippen LogP contribution in [0.15, 0.2) is 24.3 Å². The van der Waals surface area contributed by atoms with Gasteiger partial charge in [-0.3, -0.25) is 4.79 Å². The lowest BCUT2D eigenvalue weighted by Gasteiger charge is -2.23. The Morgan fingerprint density at radius 1 is 1.04 bits per heavy atom. The van der Waals surface area contributed by atoms with Crippen LogP contribution in [0.1, 0.15) is 57.9 Å². The molecule has 0 bridgehead atoms. The van der Waals surface area contributed by atoms with E-state index < -0.39 is 10.1 Å². The number of benzene rings is 1. The van der Waals surface area contributed by atoms with Crippen molar-refractivity contribution in [2.75, 3.05) is 12.8 Å². The number of nitrogens with zero attached hydrogens (tertiary/aromatic N) is 1. The van der Waals surface area contributed by atoms with E-state index >= 15 is 0 Å². The van der Waals surface area contributed by atoms with Crippen LogP contribution in [0.3, 0.4) is 0 Å². The molecule has 0 N–H and O–H groups in total. The van der Waals surface area contributed by atoms with Gasteiger partial charge in [0.15, 0.2) is 0 Å². The van der Waals surface area contributed by atoms with Gasteiger partial charge in [-0.25, -0.2) is 0 Å². The van der Waals surface area contributed by atoms with E-state index in [9.17, 15) is 13.2 Å². The van der Waals surface area contributed by atoms with E-state index in [4.69, 9.17) is 4.18 Å². The summed E-state index contributed by atoms with van der Waals surface area (Å²) in [5.41, 5.74) is 0.968. The summed E-state index contributed by atoms with van der Waals surface area (Å²) < 4.78 is 27.1. The number of carbonyl (C=O) groups excluding carboxylic acids is 1. The van der Waals surface area contributed by atoms with Crippen LogP contribution in [0.5, 0.6) is 5.75 Å². The summed E-state index contributed by atoms with van der Waals surface area (Å²) in [6, 6.07) is 6.85. The summed E-state index contributed by atoms with van der Waals surface area (Å²) in [5.74, 6) is 0.476. The zero-order chi connectivity index (χ0) is 18.0. The van der Waals surface area contributed by atoms with Crippen LogP contribution in [-0.4, -0.2) is 32.0 Å². The molecule has 0 saturated carbocycles. The number of unbranched alkanes of at least 4 members (excludes halogenated alkanes) is 3. The number of rotatable bonds is 11. The van der Waals surface area contributed by atoms with Gasteiger partial charge < -0.3 is 9.08 Å².